The van der Waals surface area contributed by atoms with Gasteiger partial charge in [-0.15, -0.1) is 0 Å². The van der Waals surface area contributed by atoms with Crippen molar-refractivity contribution < 1.29 is 9.59 Å². The van der Waals surface area contributed by atoms with Crippen LogP contribution in [-0.4, -0.2) is 34.8 Å². The molecule has 0 radical (unpaired) electrons. The largest absolute Gasteiger partial charge is 0.344 e. The molecule has 1 aromatic carbocycles. The summed E-state index contributed by atoms with van der Waals surface area (Å²) < 4.78 is 0. The highest BCUT2D eigenvalue weighted by Gasteiger charge is 2.25. The zero-order valence-electron chi connectivity index (χ0n) is 14.7. The predicted octanol–water partition coefficient (Wildman–Crippen LogP) is 2.53. The Morgan fingerprint density at radius 3 is 2.84 bits per heavy atom. The van der Waals surface area contributed by atoms with Crippen molar-refractivity contribution in [1.29, 1.82) is 0 Å². The Hall–Kier alpha value is -2.69. The molecule has 2 amide bonds. The van der Waals surface area contributed by atoms with Crippen LogP contribution in [0.15, 0.2) is 42.7 Å². The van der Waals surface area contributed by atoms with Gasteiger partial charge in [0.2, 0.25) is 11.8 Å². The SMILES string of the molecule is Cc1ccc(C)c([C@@H](NC(=O)CN2CCCC2=O)c2cccnc2)c1. The first-order chi connectivity index (χ1) is 12.0. The number of nitrogens with one attached hydrogen (secondary N) is 1. The van der Waals surface area contributed by atoms with E-state index in [0.29, 0.717) is 13.0 Å². The molecule has 1 aromatic heterocycles. The maximum absolute atomic E-state index is 12.6. The van der Waals surface area contributed by atoms with Gasteiger partial charge in [0, 0.05) is 25.4 Å². The Balaban J connectivity index is 1.85. The fraction of sp³-hybridized carbons (Fsp3) is 0.350. The van der Waals surface area contributed by atoms with E-state index in [1.165, 1.54) is 0 Å². The normalized spacial score (nSPS) is 15.3. The van der Waals surface area contributed by atoms with Gasteiger partial charge in [0.25, 0.3) is 0 Å². The van der Waals surface area contributed by atoms with Crippen LogP contribution in [0.4, 0.5) is 0 Å². The molecule has 3 rings (SSSR count). The van der Waals surface area contributed by atoms with Crippen molar-refractivity contribution >= 4 is 11.8 Å². The Bertz CT molecular complexity index is 774. The molecule has 0 spiro atoms. The molecule has 5 nitrogen and oxygen atoms in total. The fourth-order valence-electron chi connectivity index (χ4n) is 3.21. The lowest BCUT2D eigenvalue weighted by Gasteiger charge is -2.23. The smallest absolute Gasteiger partial charge is 0.240 e. The highest BCUT2D eigenvalue weighted by molar-refractivity contribution is 5.86. The molecule has 5 heteroatoms. The quantitative estimate of drug-likeness (QED) is 0.912. The molecule has 1 N–H and O–H groups in total. The van der Waals surface area contributed by atoms with E-state index in [2.05, 4.69) is 28.5 Å². The molecular weight excluding hydrogens is 314 g/mol. The van der Waals surface area contributed by atoms with Crippen molar-refractivity contribution in [2.45, 2.75) is 32.7 Å². The molecule has 2 aromatic rings. The number of rotatable bonds is 5. The van der Waals surface area contributed by atoms with Crippen molar-refractivity contribution in [3.63, 3.8) is 0 Å². The summed E-state index contributed by atoms with van der Waals surface area (Å²) >= 11 is 0. The number of amides is 2. The van der Waals surface area contributed by atoms with E-state index >= 15 is 0 Å². The molecule has 0 bridgehead atoms. The number of hydrogen-bond donors (Lipinski definition) is 1. The standard InChI is InChI=1S/C20H23N3O2/c1-14-7-8-15(2)17(11-14)20(16-5-3-9-21-12-16)22-18(24)13-23-10-4-6-19(23)25/h3,5,7-9,11-12,20H,4,6,10,13H2,1-2H3,(H,22,24)/t20-/m0/s1. The van der Waals surface area contributed by atoms with E-state index in [1.807, 2.05) is 26.0 Å². The van der Waals surface area contributed by atoms with Gasteiger partial charge in [-0.3, -0.25) is 14.6 Å². The molecule has 1 aliphatic heterocycles. The molecule has 0 aliphatic carbocycles. The Morgan fingerprint density at radius 2 is 2.16 bits per heavy atom. The molecule has 2 heterocycles. The zero-order chi connectivity index (χ0) is 17.8. The van der Waals surface area contributed by atoms with Gasteiger partial charge in [0.05, 0.1) is 12.6 Å². The van der Waals surface area contributed by atoms with Crippen LogP contribution in [0, 0.1) is 13.8 Å². The van der Waals surface area contributed by atoms with E-state index < -0.39 is 0 Å². The first-order valence-electron chi connectivity index (χ1n) is 8.59. The number of aromatic nitrogens is 1. The number of benzene rings is 1. The van der Waals surface area contributed by atoms with E-state index in [4.69, 9.17) is 0 Å². The van der Waals surface area contributed by atoms with Crippen LogP contribution in [0.3, 0.4) is 0 Å². The van der Waals surface area contributed by atoms with Crippen molar-refractivity contribution in [2.24, 2.45) is 0 Å². The van der Waals surface area contributed by atoms with Crippen LogP contribution in [0.25, 0.3) is 0 Å². The third-order valence-corrected chi connectivity index (χ3v) is 4.57. The number of aryl methyl sites for hydroxylation is 2. The van der Waals surface area contributed by atoms with Crippen LogP contribution in [0.1, 0.15) is 41.1 Å². The minimum atomic E-state index is -0.279. The van der Waals surface area contributed by atoms with Gasteiger partial charge in [-0.1, -0.05) is 29.8 Å². The van der Waals surface area contributed by atoms with E-state index in [1.54, 1.807) is 17.3 Å². The fourth-order valence-corrected chi connectivity index (χ4v) is 3.21. The second-order valence-electron chi connectivity index (χ2n) is 6.57. The van der Waals surface area contributed by atoms with E-state index in [-0.39, 0.29) is 24.4 Å². The summed E-state index contributed by atoms with van der Waals surface area (Å²) in [5, 5.41) is 3.09. The van der Waals surface area contributed by atoms with Crippen molar-refractivity contribution in [1.82, 2.24) is 15.2 Å². The molecule has 1 atom stereocenters. The third kappa shape index (κ3) is 4.05. The maximum atomic E-state index is 12.6. The highest BCUT2D eigenvalue weighted by Crippen LogP contribution is 2.25. The number of likely N-dealkylation sites (tertiary alicyclic amines) is 1. The molecule has 1 saturated heterocycles. The molecule has 0 unspecified atom stereocenters. The molecule has 0 saturated carbocycles. The van der Waals surface area contributed by atoms with Gasteiger partial charge in [0.15, 0.2) is 0 Å². The van der Waals surface area contributed by atoms with Gasteiger partial charge < -0.3 is 10.2 Å². The predicted molar refractivity (Wildman–Crippen MR) is 96.0 cm³/mol. The third-order valence-electron chi connectivity index (χ3n) is 4.57. The average molecular weight is 337 g/mol. The van der Waals surface area contributed by atoms with Gasteiger partial charge in [-0.25, -0.2) is 0 Å². The van der Waals surface area contributed by atoms with Crippen LogP contribution in [-0.2, 0) is 9.59 Å². The second kappa shape index (κ2) is 7.47. The lowest BCUT2D eigenvalue weighted by molar-refractivity contribution is -0.133. The summed E-state index contributed by atoms with van der Waals surface area (Å²) in [4.78, 5) is 30.2. The number of hydrogen-bond acceptors (Lipinski definition) is 3. The summed E-state index contributed by atoms with van der Waals surface area (Å²) in [7, 11) is 0. The summed E-state index contributed by atoms with van der Waals surface area (Å²) in [6.45, 7) is 4.84. The lowest BCUT2D eigenvalue weighted by Crippen LogP contribution is -2.39. The summed E-state index contributed by atoms with van der Waals surface area (Å²) in [6.07, 6.45) is 4.85. The second-order valence-corrected chi connectivity index (χ2v) is 6.57. The van der Waals surface area contributed by atoms with Gasteiger partial charge in [0.1, 0.15) is 0 Å². The zero-order valence-corrected chi connectivity index (χ0v) is 14.7. The van der Waals surface area contributed by atoms with Crippen molar-refractivity contribution in [3.05, 3.63) is 65.0 Å². The van der Waals surface area contributed by atoms with E-state index in [0.717, 1.165) is 28.7 Å². The lowest BCUT2D eigenvalue weighted by atomic mass is 9.94. The average Bonchev–Trinajstić information content (AvgIpc) is 3.01. The Kier molecular flexibility index (Phi) is 5.12. The molecule has 1 fully saturated rings. The van der Waals surface area contributed by atoms with Crippen molar-refractivity contribution in [2.75, 3.05) is 13.1 Å². The highest BCUT2D eigenvalue weighted by atomic mass is 16.2. The number of carbonyl (C=O) groups is 2. The minimum Gasteiger partial charge on any atom is -0.344 e. The summed E-state index contributed by atoms with van der Waals surface area (Å²) in [5.74, 6) is -0.0928. The van der Waals surface area contributed by atoms with Gasteiger partial charge in [-0.2, -0.15) is 0 Å². The van der Waals surface area contributed by atoms with Gasteiger partial charge >= 0.3 is 0 Å². The number of nitrogens with zero attached hydrogens (tertiary/aromatic N) is 2. The van der Waals surface area contributed by atoms with Gasteiger partial charge in [-0.05, 0) is 43.0 Å². The Labute approximate surface area is 148 Å². The maximum Gasteiger partial charge on any atom is 0.240 e. The summed E-state index contributed by atoms with van der Waals surface area (Å²) in [6, 6.07) is 9.76. The van der Waals surface area contributed by atoms with Crippen LogP contribution < -0.4 is 5.32 Å². The van der Waals surface area contributed by atoms with Crippen LogP contribution in [0.5, 0.6) is 0 Å². The number of carbonyl (C=O) groups excluding carboxylic acids is 2. The first-order valence-corrected chi connectivity index (χ1v) is 8.59. The minimum absolute atomic E-state index is 0.0554. The molecule has 1 aliphatic rings. The van der Waals surface area contributed by atoms with Crippen molar-refractivity contribution in [3.8, 4) is 0 Å². The van der Waals surface area contributed by atoms with Crippen LogP contribution >= 0.6 is 0 Å². The summed E-state index contributed by atoms with van der Waals surface area (Å²) in [5.41, 5.74) is 4.22. The van der Waals surface area contributed by atoms with Crippen LogP contribution in [0.2, 0.25) is 0 Å². The first kappa shape index (κ1) is 17.1. The molecule has 130 valence electrons. The molecule has 25 heavy (non-hydrogen) atoms. The van der Waals surface area contributed by atoms with E-state index in [9.17, 15) is 9.59 Å². The molecular formula is C20H23N3O2. The topological polar surface area (TPSA) is 62.3 Å². The monoisotopic (exact) mass is 337 g/mol. The number of pyridine rings is 1. The Morgan fingerprint density at radius 1 is 1.32 bits per heavy atom.